The van der Waals surface area contributed by atoms with E-state index >= 15 is 0 Å². The highest BCUT2D eigenvalue weighted by atomic mass is 32.2. The van der Waals surface area contributed by atoms with E-state index in [1.807, 2.05) is 0 Å². The molecule has 0 saturated carbocycles. The quantitative estimate of drug-likeness (QED) is 0.672. The molecule has 2 heterocycles. The number of likely N-dealkylation sites (tertiary alicyclic amines) is 1. The minimum absolute atomic E-state index is 0.839. The molecule has 0 radical (unpaired) electrons. The molecule has 0 aliphatic carbocycles. The molecule has 0 bridgehead atoms. The van der Waals surface area contributed by atoms with Gasteiger partial charge in [0.25, 0.3) is 0 Å². The molecule has 2 heteroatoms. The average Bonchev–Trinajstić information content (AvgIpc) is 2.71. The molecular formula is C11H21NS. The normalized spacial score (nSPS) is 41.5. The highest BCUT2D eigenvalue weighted by molar-refractivity contribution is 7.99. The number of hydrogen-bond donors (Lipinski definition) is 0. The Balaban J connectivity index is 1.81. The summed E-state index contributed by atoms with van der Waals surface area (Å²) >= 11 is 2.14. The second-order valence-electron chi connectivity index (χ2n) is 4.73. The second-order valence-corrected chi connectivity index (χ2v) is 5.88. The maximum absolute atomic E-state index is 2.71. The van der Waals surface area contributed by atoms with Gasteiger partial charge in [-0.2, -0.15) is 11.8 Å². The Bertz CT molecular complexity index is 165. The highest BCUT2D eigenvalue weighted by Gasteiger charge is 2.29. The lowest BCUT2D eigenvalue weighted by Crippen LogP contribution is -2.33. The van der Waals surface area contributed by atoms with E-state index in [0.29, 0.717) is 0 Å². The first-order valence-electron chi connectivity index (χ1n) is 5.59. The molecule has 0 amide bonds. The zero-order valence-corrected chi connectivity index (χ0v) is 9.65. The third-order valence-corrected chi connectivity index (χ3v) is 5.02. The monoisotopic (exact) mass is 199 g/mol. The second kappa shape index (κ2) is 4.22. The van der Waals surface area contributed by atoms with Crippen molar-refractivity contribution in [1.29, 1.82) is 0 Å². The van der Waals surface area contributed by atoms with Crippen LogP contribution >= 0.6 is 11.8 Å². The SMILES string of the molecule is CC1CCN(CC2CCSC2)C1C. The van der Waals surface area contributed by atoms with Crippen molar-refractivity contribution in [1.82, 2.24) is 4.90 Å². The molecule has 2 rings (SSSR count). The first kappa shape index (κ1) is 9.85. The fourth-order valence-electron chi connectivity index (χ4n) is 2.49. The summed E-state index contributed by atoms with van der Waals surface area (Å²) in [5.74, 6) is 4.74. The predicted octanol–water partition coefficient (Wildman–Crippen LogP) is 2.47. The van der Waals surface area contributed by atoms with Crippen molar-refractivity contribution in [2.45, 2.75) is 32.7 Å². The fraction of sp³-hybridized carbons (Fsp3) is 1.00. The van der Waals surface area contributed by atoms with E-state index in [1.54, 1.807) is 0 Å². The maximum atomic E-state index is 2.71. The van der Waals surface area contributed by atoms with Crippen LogP contribution in [0.5, 0.6) is 0 Å². The topological polar surface area (TPSA) is 3.24 Å². The molecule has 2 fully saturated rings. The van der Waals surface area contributed by atoms with E-state index in [-0.39, 0.29) is 0 Å². The fourth-order valence-corrected chi connectivity index (χ4v) is 3.76. The van der Waals surface area contributed by atoms with Crippen molar-refractivity contribution in [2.75, 3.05) is 24.6 Å². The third kappa shape index (κ3) is 2.21. The molecule has 0 N–H and O–H groups in total. The number of hydrogen-bond acceptors (Lipinski definition) is 2. The van der Waals surface area contributed by atoms with Crippen LogP contribution in [0.25, 0.3) is 0 Å². The summed E-state index contributed by atoms with van der Waals surface area (Å²) in [5.41, 5.74) is 0. The first-order valence-corrected chi connectivity index (χ1v) is 6.74. The summed E-state index contributed by atoms with van der Waals surface area (Å²) in [6, 6.07) is 0.839. The van der Waals surface area contributed by atoms with Gasteiger partial charge in [-0.3, -0.25) is 0 Å². The molecule has 0 aromatic heterocycles. The summed E-state index contributed by atoms with van der Waals surface area (Å²) in [6.07, 6.45) is 2.88. The van der Waals surface area contributed by atoms with E-state index in [0.717, 1.165) is 17.9 Å². The Labute approximate surface area is 86.3 Å². The standard InChI is InChI=1S/C11H21NS/c1-9-3-5-12(10(9)2)7-11-4-6-13-8-11/h9-11H,3-8H2,1-2H3. The summed E-state index contributed by atoms with van der Waals surface area (Å²) in [4.78, 5) is 2.71. The van der Waals surface area contributed by atoms with Crippen LogP contribution in [0.2, 0.25) is 0 Å². The molecule has 3 unspecified atom stereocenters. The molecule has 3 atom stereocenters. The molecule has 76 valence electrons. The van der Waals surface area contributed by atoms with Crippen LogP contribution in [0.4, 0.5) is 0 Å². The van der Waals surface area contributed by atoms with Crippen molar-refractivity contribution in [3.63, 3.8) is 0 Å². The lowest BCUT2D eigenvalue weighted by atomic mass is 10.0. The Morgan fingerprint density at radius 3 is 2.69 bits per heavy atom. The molecule has 2 aliphatic heterocycles. The van der Waals surface area contributed by atoms with E-state index < -0.39 is 0 Å². The van der Waals surface area contributed by atoms with Crippen LogP contribution in [0, 0.1) is 11.8 Å². The summed E-state index contributed by atoms with van der Waals surface area (Å²) in [6.45, 7) is 7.52. The van der Waals surface area contributed by atoms with Gasteiger partial charge in [-0.15, -0.1) is 0 Å². The van der Waals surface area contributed by atoms with Gasteiger partial charge < -0.3 is 4.90 Å². The average molecular weight is 199 g/mol. The lowest BCUT2D eigenvalue weighted by Gasteiger charge is -2.25. The van der Waals surface area contributed by atoms with Crippen LogP contribution in [-0.2, 0) is 0 Å². The van der Waals surface area contributed by atoms with Crippen LogP contribution in [0.3, 0.4) is 0 Å². The van der Waals surface area contributed by atoms with Crippen LogP contribution in [0.1, 0.15) is 26.7 Å². The van der Waals surface area contributed by atoms with Gasteiger partial charge in [0.15, 0.2) is 0 Å². The van der Waals surface area contributed by atoms with Crippen molar-refractivity contribution < 1.29 is 0 Å². The van der Waals surface area contributed by atoms with Gasteiger partial charge in [0, 0.05) is 12.6 Å². The van der Waals surface area contributed by atoms with Crippen LogP contribution in [0.15, 0.2) is 0 Å². The zero-order chi connectivity index (χ0) is 9.26. The van der Waals surface area contributed by atoms with Crippen molar-refractivity contribution in [2.24, 2.45) is 11.8 Å². The Kier molecular flexibility index (Phi) is 3.20. The molecule has 1 nitrogen and oxygen atoms in total. The largest absolute Gasteiger partial charge is 0.300 e. The Morgan fingerprint density at radius 2 is 2.15 bits per heavy atom. The lowest BCUT2D eigenvalue weighted by molar-refractivity contribution is 0.217. The Hall–Kier alpha value is 0.310. The van der Waals surface area contributed by atoms with Gasteiger partial charge in [-0.1, -0.05) is 6.92 Å². The highest BCUT2D eigenvalue weighted by Crippen LogP contribution is 2.29. The van der Waals surface area contributed by atoms with E-state index in [2.05, 4.69) is 30.5 Å². The molecule has 0 spiro atoms. The minimum atomic E-state index is 0.839. The smallest absolute Gasteiger partial charge is 0.00931 e. The van der Waals surface area contributed by atoms with Crippen molar-refractivity contribution in [3.8, 4) is 0 Å². The molecule has 13 heavy (non-hydrogen) atoms. The number of thioether (sulfide) groups is 1. The van der Waals surface area contributed by atoms with Gasteiger partial charge in [-0.25, -0.2) is 0 Å². The third-order valence-electron chi connectivity index (χ3n) is 3.79. The minimum Gasteiger partial charge on any atom is -0.300 e. The van der Waals surface area contributed by atoms with Gasteiger partial charge in [0.1, 0.15) is 0 Å². The molecule has 2 aliphatic rings. The van der Waals surface area contributed by atoms with Crippen LogP contribution in [-0.4, -0.2) is 35.5 Å². The summed E-state index contributed by atoms with van der Waals surface area (Å²) in [7, 11) is 0. The molecule has 2 saturated heterocycles. The van der Waals surface area contributed by atoms with Gasteiger partial charge >= 0.3 is 0 Å². The maximum Gasteiger partial charge on any atom is 0.00931 e. The molecule has 0 aromatic carbocycles. The summed E-state index contributed by atoms with van der Waals surface area (Å²) < 4.78 is 0. The van der Waals surface area contributed by atoms with Crippen molar-refractivity contribution >= 4 is 11.8 Å². The van der Waals surface area contributed by atoms with Gasteiger partial charge in [0.05, 0.1) is 0 Å². The van der Waals surface area contributed by atoms with E-state index in [9.17, 15) is 0 Å². The van der Waals surface area contributed by atoms with E-state index in [4.69, 9.17) is 0 Å². The number of rotatable bonds is 2. The number of nitrogens with zero attached hydrogens (tertiary/aromatic N) is 1. The predicted molar refractivity (Wildman–Crippen MR) is 60.2 cm³/mol. The van der Waals surface area contributed by atoms with Crippen LogP contribution < -0.4 is 0 Å². The van der Waals surface area contributed by atoms with Gasteiger partial charge in [0.2, 0.25) is 0 Å². The van der Waals surface area contributed by atoms with E-state index in [1.165, 1.54) is 37.4 Å². The first-order chi connectivity index (χ1) is 6.27. The molecular weight excluding hydrogens is 178 g/mol. The molecule has 0 aromatic rings. The summed E-state index contributed by atoms with van der Waals surface area (Å²) in [5, 5.41) is 0. The van der Waals surface area contributed by atoms with Crippen molar-refractivity contribution in [3.05, 3.63) is 0 Å². The Morgan fingerprint density at radius 1 is 1.31 bits per heavy atom. The van der Waals surface area contributed by atoms with Gasteiger partial charge in [-0.05, 0) is 49.7 Å². The zero-order valence-electron chi connectivity index (χ0n) is 8.83.